The highest BCUT2D eigenvalue weighted by Gasteiger charge is 2.57. The van der Waals surface area contributed by atoms with Crippen LogP contribution in [0.1, 0.15) is 35.2 Å². The fraction of sp³-hybridized carbons (Fsp3) is 0.240. The van der Waals surface area contributed by atoms with E-state index in [0.29, 0.717) is 27.2 Å². The lowest BCUT2D eigenvalue weighted by Gasteiger charge is -2.32. The molecule has 0 bridgehead atoms. The van der Waals surface area contributed by atoms with Gasteiger partial charge in [0.05, 0.1) is 21.0 Å². The zero-order valence-corrected chi connectivity index (χ0v) is 20.5. The summed E-state index contributed by atoms with van der Waals surface area (Å²) in [5.74, 6) is -0.379. The van der Waals surface area contributed by atoms with Crippen LogP contribution in [0.5, 0.6) is 0 Å². The minimum absolute atomic E-state index is 0.230. The molecule has 5 rings (SSSR count). The molecule has 0 amide bonds. The van der Waals surface area contributed by atoms with E-state index in [2.05, 4.69) is 9.97 Å². The van der Waals surface area contributed by atoms with Crippen molar-refractivity contribution in [3.05, 3.63) is 88.3 Å². The van der Waals surface area contributed by atoms with Gasteiger partial charge in [-0.1, -0.05) is 47.5 Å². The number of hydrogen-bond acceptors (Lipinski definition) is 8. The van der Waals surface area contributed by atoms with E-state index in [0.717, 1.165) is 0 Å². The molecule has 2 aromatic heterocycles. The molecule has 36 heavy (non-hydrogen) atoms. The molecule has 1 aliphatic heterocycles. The molecule has 186 valence electrons. The van der Waals surface area contributed by atoms with E-state index in [1.165, 1.54) is 19.3 Å². The fourth-order valence-electron chi connectivity index (χ4n) is 4.36. The summed E-state index contributed by atoms with van der Waals surface area (Å²) >= 11 is 12.4. The van der Waals surface area contributed by atoms with Crippen LogP contribution in [0.4, 0.5) is 5.82 Å². The molecule has 11 heteroatoms. The molecule has 0 unspecified atom stereocenters. The Bertz CT molecular complexity index is 1430. The van der Waals surface area contributed by atoms with E-state index in [1.54, 1.807) is 59.3 Å². The number of esters is 1. The van der Waals surface area contributed by atoms with Crippen LogP contribution >= 0.6 is 23.2 Å². The summed E-state index contributed by atoms with van der Waals surface area (Å²) in [4.78, 5) is 21.3. The van der Waals surface area contributed by atoms with Gasteiger partial charge in [-0.15, -0.1) is 0 Å². The minimum Gasteiger partial charge on any atom is -0.451 e. The summed E-state index contributed by atoms with van der Waals surface area (Å²) in [6.45, 7) is 1.41. The fourth-order valence-corrected chi connectivity index (χ4v) is 4.67. The average Bonchev–Trinajstić information content (AvgIpc) is 3.39. The zero-order valence-electron chi connectivity index (χ0n) is 19.0. The standard InChI is InChI=1S/C25H22Cl2N4O5/c1-25(34)19(32)23(31-10-9-15-21(28)29-12-30-22(15)31)36-20(25)18(14-7-8-16(26)17(27)11-14)35-24(33)13-5-3-2-4-6-13/h2-12,18-20,23,32,34H,1H3,(H2,28,29,30)/t18-,19+,20-,23-,25+/m1/s1. The summed E-state index contributed by atoms with van der Waals surface area (Å²) < 4.78 is 13.6. The Hall–Kier alpha value is -3.21. The number of benzene rings is 2. The Morgan fingerprint density at radius 1 is 1.17 bits per heavy atom. The number of nitrogens with two attached hydrogens (primary N) is 1. The van der Waals surface area contributed by atoms with Crippen molar-refractivity contribution in [1.29, 1.82) is 0 Å². The van der Waals surface area contributed by atoms with Gasteiger partial charge in [0.15, 0.2) is 12.3 Å². The highest BCUT2D eigenvalue weighted by atomic mass is 35.5. The van der Waals surface area contributed by atoms with Crippen molar-refractivity contribution < 1.29 is 24.5 Å². The second-order valence-electron chi connectivity index (χ2n) is 8.70. The summed E-state index contributed by atoms with van der Waals surface area (Å²) in [7, 11) is 0. The van der Waals surface area contributed by atoms with Gasteiger partial charge in [-0.25, -0.2) is 14.8 Å². The minimum atomic E-state index is -1.85. The predicted octanol–water partition coefficient (Wildman–Crippen LogP) is 3.93. The van der Waals surface area contributed by atoms with Gasteiger partial charge in [-0.3, -0.25) is 0 Å². The molecule has 3 heterocycles. The number of halogens is 2. The number of rotatable bonds is 5. The van der Waals surface area contributed by atoms with E-state index < -0.39 is 36.1 Å². The van der Waals surface area contributed by atoms with Gasteiger partial charge in [-0.05, 0) is 42.8 Å². The number of aliphatic hydroxyl groups excluding tert-OH is 1. The molecule has 0 aliphatic carbocycles. The molecule has 1 aliphatic rings. The predicted molar refractivity (Wildman–Crippen MR) is 134 cm³/mol. The van der Waals surface area contributed by atoms with E-state index >= 15 is 0 Å². The first-order valence-electron chi connectivity index (χ1n) is 11.0. The molecule has 5 atom stereocenters. The average molecular weight is 529 g/mol. The van der Waals surface area contributed by atoms with Crippen LogP contribution in [-0.2, 0) is 9.47 Å². The normalized spacial score (nSPS) is 24.6. The van der Waals surface area contributed by atoms with Gasteiger partial charge in [-0.2, -0.15) is 0 Å². The van der Waals surface area contributed by atoms with Gasteiger partial charge in [0.2, 0.25) is 0 Å². The van der Waals surface area contributed by atoms with Gasteiger partial charge in [0.1, 0.15) is 35.6 Å². The lowest BCUT2D eigenvalue weighted by atomic mass is 9.88. The van der Waals surface area contributed by atoms with Crippen molar-refractivity contribution in [2.45, 2.75) is 37.1 Å². The van der Waals surface area contributed by atoms with Crippen LogP contribution in [0.2, 0.25) is 10.0 Å². The number of anilines is 1. The first-order chi connectivity index (χ1) is 17.2. The topological polar surface area (TPSA) is 133 Å². The maximum Gasteiger partial charge on any atom is 0.338 e. The Labute approximate surface area is 216 Å². The van der Waals surface area contributed by atoms with Crippen LogP contribution < -0.4 is 5.73 Å². The molecule has 4 aromatic rings. The second-order valence-corrected chi connectivity index (χ2v) is 9.52. The first kappa shape index (κ1) is 24.5. The Kier molecular flexibility index (Phi) is 6.36. The third-order valence-electron chi connectivity index (χ3n) is 6.34. The molecule has 0 saturated carbocycles. The van der Waals surface area contributed by atoms with Crippen LogP contribution in [0.25, 0.3) is 11.0 Å². The van der Waals surface area contributed by atoms with Gasteiger partial charge in [0.25, 0.3) is 0 Å². The molecule has 0 spiro atoms. The quantitative estimate of drug-likeness (QED) is 0.332. The largest absolute Gasteiger partial charge is 0.451 e. The number of ether oxygens (including phenoxy) is 2. The maximum absolute atomic E-state index is 13.0. The Morgan fingerprint density at radius 3 is 2.64 bits per heavy atom. The number of aliphatic hydroxyl groups is 2. The summed E-state index contributed by atoms with van der Waals surface area (Å²) in [6, 6.07) is 14.8. The van der Waals surface area contributed by atoms with Crippen LogP contribution in [-0.4, -0.2) is 48.5 Å². The number of carbonyl (C=O) groups excluding carboxylic acids is 1. The first-order valence-corrected chi connectivity index (χ1v) is 11.8. The van der Waals surface area contributed by atoms with Crippen molar-refractivity contribution in [2.24, 2.45) is 0 Å². The maximum atomic E-state index is 13.0. The van der Waals surface area contributed by atoms with E-state index in [4.69, 9.17) is 38.4 Å². The van der Waals surface area contributed by atoms with Crippen molar-refractivity contribution in [3.8, 4) is 0 Å². The molecule has 4 N–H and O–H groups in total. The molecule has 1 fully saturated rings. The Balaban J connectivity index is 1.56. The number of fused-ring (bicyclic) bond motifs is 1. The number of carbonyl (C=O) groups is 1. The molecular formula is C25H22Cl2N4O5. The van der Waals surface area contributed by atoms with E-state index in [1.807, 2.05) is 0 Å². The smallest absolute Gasteiger partial charge is 0.338 e. The third kappa shape index (κ3) is 4.19. The summed E-state index contributed by atoms with van der Waals surface area (Å²) in [5.41, 5.74) is 5.24. The van der Waals surface area contributed by atoms with Crippen molar-refractivity contribution in [1.82, 2.24) is 14.5 Å². The van der Waals surface area contributed by atoms with Gasteiger partial charge < -0.3 is 30.0 Å². The molecule has 1 saturated heterocycles. The highest BCUT2D eigenvalue weighted by Crippen LogP contribution is 2.45. The monoisotopic (exact) mass is 528 g/mol. The van der Waals surface area contributed by atoms with E-state index in [-0.39, 0.29) is 10.8 Å². The summed E-state index contributed by atoms with van der Waals surface area (Å²) in [6.07, 6.45) is -1.91. The lowest BCUT2D eigenvalue weighted by molar-refractivity contribution is -0.119. The van der Waals surface area contributed by atoms with Crippen LogP contribution in [0, 0.1) is 0 Å². The zero-order chi connectivity index (χ0) is 25.6. The third-order valence-corrected chi connectivity index (χ3v) is 7.07. The second kappa shape index (κ2) is 9.34. The molecule has 9 nitrogen and oxygen atoms in total. The lowest BCUT2D eigenvalue weighted by Crippen LogP contribution is -2.47. The molecular weight excluding hydrogens is 507 g/mol. The van der Waals surface area contributed by atoms with E-state index in [9.17, 15) is 15.0 Å². The number of nitrogens with zero attached hydrogens (tertiary/aromatic N) is 3. The van der Waals surface area contributed by atoms with Crippen LogP contribution in [0.3, 0.4) is 0 Å². The van der Waals surface area contributed by atoms with Crippen LogP contribution in [0.15, 0.2) is 67.1 Å². The molecule has 0 radical (unpaired) electrons. The highest BCUT2D eigenvalue weighted by molar-refractivity contribution is 6.42. The molecule has 2 aromatic carbocycles. The number of aromatic nitrogens is 3. The number of nitrogen functional groups attached to an aromatic ring is 1. The number of hydrogen-bond donors (Lipinski definition) is 3. The Morgan fingerprint density at radius 2 is 1.92 bits per heavy atom. The van der Waals surface area contributed by atoms with Crippen molar-refractivity contribution in [2.75, 3.05) is 5.73 Å². The van der Waals surface area contributed by atoms with Crippen molar-refractivity contribution >= 4 is 46.0 Å². The van der Waals surface area contributed by atoms with Gasteiger partial charge >= 0.3 is 5.97 Å². The van der Waals surface area contributed by atoms with Crippen molar-refractivity contribution in [3.63, 3.8) is 0 Å². The van der Waals surface area contributed by atoms with Gasteiger partial charge in [0, 0.05) is 6.20 Å². The SMILES string of the molecule is C[C@@]1(O)[C@@H]([C@H](OC(=O)c2ccccc2)c2ccc(Cl)c(Cl)c2)O[C@@H](n2ccc3c(N)ncnc32)[C@@H]1O. The summed E-state index contributed by atoms with van der Waals surface area (Å²) in [5, 5.41) is 23.7.